The highest BCUT2D eigenvalue weighted by molar-refractivity contribution is 5.93. The molecule has 0 saturated heterocycles. The summed E-state index contributed by atoms with van der Waals surface area (Å²) in [5.41, 5.74) is 6.92. The van der Waals surface area contributed by atoms with Crippen LogP contribution < -0.4 is 20.5 Å². The minimum Gasteiger partial charge on any atom is -0.497 e. The van der Waals surface area contributed by atoms with Crippen molar-refractivity contribution in [3.8, 4) is 11.5 Å². The Bertz CT molecular complexity index is 614. The van der Waals surface area contributed by atoms with Gasteiger partial charge in [-0.3, -0.25) is 4.79 Å². The first-order chi connectivity index (χ1) is 10.2. The zero-order valence-electron chi connectivity index (χ0n) is 11.8. The van der Waals surface area contributed by atoms with Crippen molar-refractivity contribution in [3.63, 3.8) is 0 Å². The maximum Gasteiger partial charge on any atom is 0.227 e. The molecule has 0 heterocycles. The molecular formula is C16H18N2O3. The number of para-hydroxylation sites is 2. The molecule has 5 nitrogen and oxygen atoms in total. The third-order valence-electron chi connectivity index (χ3n) is 2.87. The monoisotopic (exact) mass is 286 g/mol. The third-order valence-corrected chi connectivity index (χ3v) is 2.87. The van der Waals surface area contributed by atoms with E-state index < -0.39 is 0 Å². The zero-order valence-corrected chi connectivity index (χ0v) is 11.8. The third kappa shape index (κ3) is 4.42. The molecule has 0 spiro atoms. The van der Waals surface area contributed by atoms with E-state index in [0.29, 0.717) is 22.9 Å². The van der Waals surface area contributed by atoms with Crippen LogP contribution in [0.25, 0.3) is 0 Å². The number of amides is 1. The number of carbonyl (C=O) groups excluding carboxylic acids is 1. The predicted octanol–water partition coefficient (Wildman–Crippen LogP) is 2.68. The SMILES string of the molecule is COc1cccc(OCCC(=O)Nc2ccccc2N)c1. The van der Waals surface area contributed by atoms with Gasteiger partial charge in [0.2, 0.25) is 5.91 Å². The van der Waals surface area contributed by atoms with Crippen LogP contribution in [0.5, 0.6) is 11.5 Å². The Morgan fingerprint density at radius 3 is 2.67 bits per heavy atom. The summed E-state index contributed by atoms with van der Waals surface area (Å²) in [5, 5.41) is 2.75. The summed E-state index contributed by atoms with van der Waals surface area (Å²) in [4.78, 5) is 11.8. The largest absolute Gasteiger partial charge is 0.497 e. The van der Waals surface area contributed by atoms with Gasteiger partial charge < -0.3 is 20.5 Å². The minimum atomic E-state index is -0.143. The van der Waals surface area contributed by atoms with E-state index in [1.54, 1.807) is 25.3 Å². The number of hydrogen-bond acceptors (Lipinski definition) is 4. The fraction of sp³-hybridized carbons (Fsp3) is 0.188. The molecule has 2 rings (SSSR count). The van der Waals surface area contributed by atoms with Crippen LogP contribution in [0.3, 0.4) is 0 Å². The molecule has 21 heavy (non-hydrogen) atoms. The molecular weight excluding hydrogens is 268 g/mol. The number of hydrogen-bond donors (Lipinski definition) is 2. The summed E-state index contributed by atoms with van der Waals surface area (Å²) in [5.74, 6) is 1.24. The molecule has 2 aromatic carbocycles. The van der Waals surface area contributed by atoms with Crippen molar-refractivity contribution in [3.05, 3.63) is 48.5 Å². The number of benzene rings is 2. The van der Waals surface area contributed by atoms with E-state index in [-0.39, 0.29) is 18.9 Å². The Hall–Kier alpha value is -2.69. The van der Waals surface area contributed by atoms with Crippen LogP contribution in [-0.2, 0) is 4.79 Å². The van der Waals surface area contributed by atoms with Gasteiger partial charge in [-0.05, 0) is 24.3 Å². The van der Waals surface area contributed by atoms with Crippen molar-refractivity contribution in [1.82, 2.24) is 0 Å². The molecule has 0 aliphatic carbocycles. The number of nitrogen functional groups attached to an aromatic ring is 1. The van der Waals surface area contributed by atoms with Crippen LogP contribution in [0.2, 0.25) is 0 Å². The number of nitrogens with two attached hydrogens (primary N) is 1. The molecule has 0 bridgehead atoms. The lowest BCUT2D eigenvalue weighted by atomic mass is 10.2. The average molecular weight is 286 g/mol. The molecule has 0 radical (unpaired) electrons. The smallest absolute Gasteiger partial charge is 0.227 e. The number of anilines is 2. The van der Waals surface area contributed by atoms with Gasteiger partial charge in [-0.15, -0.1) is 0 Å². The fourth-order valence-corrected chi connectivity index (χ4v) is 1.78. The van der Waals surface area contributed by atoms with Crippen LogP contribution in [0.4, 0.5) is 11.4 Å². The second-order valence-corrected chi connectivity index (χ2v) is 4.41. The van der Waals surface area contributed by atoms with E-state index in [0.717, 1.165) is 0 Å². The molecule has 0 fully saturated rings. The predicted molar refractivity (Wildman–Crippen MR) is 82.6 cm³/mol. The standard InChI is InChI=1S/C16H18N2O3/c1-20-12-5-4-6-13(11-12)21-10-9-16(19)18-15-8-3-2-7-14(15)17/h2-8,11H,9-10,17H2,1H3,(H,18,19). The summed E-state index contributed by atoms with van der Waals surface area (Å²) < 4.78 is 10.6. The number of ether oxygens (including phenoxy) is 2. The van der Waals surface area contributed by atoms with Crippen LogP contribution in [0.15, 0.2) is 48.5 Å². The van der Waals surface area contributed by atoms with Crippen molar-refractivity contribution in [2.75, 3.05) is 24.8 Å². The van der Waals surface area contributed by atoms with Crippen molar-refractivity contribution in [2.45, 2.75) is 6.42 Å². The van der Waals surface area contributed by atoms with E-state index in [9.17, 15) is 4.79 Å². The van der Waals surface area contributed by atoms with E-state index in [1.165, 1.54) is 0 Å². The molecule has 0 unspecified atom stereocenters. The van der Waals surface area contributed by atoms with Gasteiger partial charge in [0, 0.05) is 6.07 Å². The Kier molecular flexibility index (Phi) is 5.04. The summed E-state index contributed by atoms with van der Waals surface area (Å²) in [6.07, 6.45) is 0.242. The maximum absolute atomic E-state index is 11.8. The molecule has 0 aromatic heterocycles. The van der Waals surface area contributed by atoms with Gasteiger partial charge in [0.05, 0.1) is 31.5 Å². The normalized spacial score (nSPS) is 9.95. The van der Waals surface area contributed by atoms with Crippen LogP contribution in [-0.4, -0.2) is 19.6 Å². The summed E-state index contributed by atoms with van der Waals surface area (Å²) in [6, 6.07) is 14.4. The first-order valence-electron chi connectivity index (χ1n) is 6.60. The van der Waals surface area contributed by atoms with Crippen LogP contribution >= 0.6 is 0 Å². The summed E-state index contributed by atoms with van der Waals surface area (Å²) in [7, 11) is 1.59. The van der Waals surface area contributed by atoms with E-state index in [2.05, 4.69) is 5.32 Å². The quantitative estimate of drug-likeness (QED) is 0.801. The number of rotatable bonds is 6. The molecule has 0 atom stereocenters. The second kappa shape index (κ2) is 7.19. The van der Waals surface area contributed by atoms with Crippen LogP contribution in [0.1, 0.15) is 6.42 Å². The Labute approximate surface area is 123 Å². The summed E-state index contributed by atoms with van der Waals surface area (Å²) >= 11 is 0. The topological polar surface area (TPSA) is 73.6 Å². The van der Waals surface area contributed by atoms with Crippen molar-refractivity contribution in [2.24, 2.45) is 0 Å². The lowest BCUT2D eigenvalue weighted by Gasteiger charge is -2.09. The fourth-order valence-electron chi connectivity index (χ4n) is 1.78. The van der Waals surface area contributed by atoms with Gasteiger partial charge in [0.15, 0.2) is 0 Å². The van der Waals surface area contributed by atoms with Gasteiger partial charge in [-0.1, -0.05) is 18.2 Å². The molecule has 3 N–H and O–H groups in total. The molecule has 110 valence electrons. The van der Waals surface area contributed by atoms with Gasteiger partial charge in [-0.25, -0.2) is 0 Å². The van der Waals surface area contributed by atoms with Gasteiger partial charge in [-0.2, -0.15) is 0 Å². The Balaban J connectivity index is 1.80. The highest BCUT2D eigenvalue weighted by Crippen LogP contribution is 2.19. The highest BCUT2D eigenvalue weighted by Gasteiger charge is 2.05. The average Bonchev–Trinajstić information content (AvgIpc) is 2.50. The Morgan fingerprint density at radius 2 is 1.90 bits per heavy atom. The molecule has 5 heteroatoms. The van der Waals surface area contributed by atoms with Gasteiger partial charge in [0.1, 0.15) is 11.5 Å². The minimum absolute atomic E-state index is 0.143. The lowest BCUT2D eigenvalue weighted by Crippen LogP contribution is -2.16. The number of carbonyl (C=O) groups is 1. The zero-order chi connectivity index (χ0) is 15.1. The van der Waals surface area contributed by atoms with Gasteiger partial charge in [0.25, 0.3) is 0 Å². The molecule has 0 aliphatic heterocycles. The van der Waals surface area contributed by atoms with E-state index >= 15 is 0 Å². The van der Waals surface area contributed by atoms with Gasteiger partial charge >= 0.3 is 0 Å². The molecule has 1 amide bonds. The molecule has 0 saturated carbocycles. The Morgan fingerprint density at radius 1 is 1.14 bits per heavy atom. The first-order valence-corrected chi connectivity index (χ1v) is 6.60. The lowest BCUT2D eigenvalue weighted by molar-refractivity contribution is -0.116. The van der Waals surface area contributed by atoms with E-state index in [4.69, 9.17) is 15.2 Å². The number of methoxy groups -OCH3 is 1. The first kappa shape index (κ1) is 14.7. The molecule has 2 aromatic rings. The number of nitrogens with one attached hydrogen (secondary N) is 1. The highest BCUT2D eigenvalue weighted by atomic mass is 16.5. The van der Waals surface area contributed by atoms with E-state index in [1.807, 2.05) is 30.3 Å². The van der Waals surface area contributed by atoms with Crippen molar-refractivity contribution in [1.29, 1.82) is 0 Å². The summed E-state index contributed by atoms with van der Waals surface area (Å²) in [6.45, 7) is 0.283. The second-order valence-electron chi connectivity index (χ2n) is 4.41. The van der Waals surface area contributed by atoms with Crippen LogP contribution in [0, 0.1) is 0 Å². The van der Waals surface area contributed by atoms with Crippen molar-refractivity contribution >= 4 is 17.3 Å². The maximum atomic E-state index is 11.8. The molecule has 0 aliphatic rings. The van der Waals surface area contributed by atoms with Crippen molar-refractivity contribution < 1.29 is 14.3 Å².